The summed E-state index contributed by atoms with van der Waals surface area (Å²) in [5.41, 5.74) is 8.31. The van der Waals surface area contributed by atoms with Gasteiger partial charge in [0, 0.05) is 12.6 Å². The molecule has 1 spiro atoms. The Kier molecular flexibility index (Phi) is 4.70. The van der Waals surface area contributed by atoms with Crippen LogP contribution >= 0.6 is 0 Å². The molecule has 5 heterocycles. The molecule has 0 amide bonds. The number of nitrogens with zero attached hydrogens (tertiary/aromatic N) is 5. The molecular formula is C22H29N7O3S. The van der Waals surface area contributed by atoms with Gasteiger partial charge in [-0.1, -0.05) is 0 Å². The number of nitrogens with two attached hydrogens (primary N) is 1. The van der Waals surface area contributed by atoms with Gasteiger partial charge in [-0.3, -0.25) is 5.10 Å². The number of hydrogen-bond acceptors (Lipinski definition) is 8. The van der Waals surface area contributed by atoms with Gasteiger partial charge in [-0.2, -0.15) is 9.78 Å². The Hall–Kier alpha value is -2.66. The van der Waals surface area contributed by atoms with Gasteiger partial charge in [0.1, 0.15) is 5.82 Å². The van der Waals surface area contributed by atoms with Crippen LogP contribution in [0, 0.1) is 5.41 Å². The molecule has 2 saturated heterocycles. The molecule has 33 heavy (non-hydrogen) atoms. The summed E-state index contributed by atoms with van der Waals surface area (Å²) in [7, 11) is -2.83. The second kappa shape index (κ2) is 7.42. The number of morpholine rings is 1. The average Bonchev–Trinajstić information content (AvgIpc) is 3.41. The van der Waals surface area contributed by atoms with E-state index in [9.17, 15) is 8.42 Å². The van der Waals surface area contributed by atoms with E-state index < -0.39 is 9.84 Å². The van der Waals surface area contributed by atoms with Gasteiger partial charge < -0.3 is 15.4 Å². The van der Waals surface area contributed by atoms with Gasteiger partial charge in [-0.25, -0.2) is 13.4 Å². The van der Waals surface area contributed by atoms with Gasteiger partial charge >= 0.3 is 0 Å². The molecular weight excluding hydrogens is 442 g/mol. The molecule has 3 aliphatic rings. The lowest BCUT2D eigenvalue weighted by Crippen LogP contribution is -2.50. The summed E-state index contributed by atoms with van der Waals surface area (Å²) in [4.78, 5) is 7.31. The first-order chi connectivity index (χ1) is 15.8. The van der Waals surface area contributed by atoms with Crippen molar-refractivity contribution in [2.24, 2.45) is 5.41 Å². The van der Waals surface area contributed by atoms with Crippen molar-refractivity contribution in [3.8, 4) is 5.82 Å². The summed E-state index contributed by atoms with van der Waals surface area (Å²) in [6, 6.07) is 4.24. The summed E-state index contributed by atoms with van der Waals surface area (Å²) >= 11 is 0. The number of anilines is 2. The maximum absolute atomic E-state index is 11.8. The predicted octanol–water partition coefficient (Wildman–Crippen LogP) is 2.02. The topological polar surface area (TPSA) is 132 Å². The van der Waals surface area contributed by atoms with Gasteiger partial charge in [-0.05, 0) is 55.6 Å². The number of aromatic nitrogens is 5. The number of sulfone groups is 1. The number of hydrogen-bond donors (Lipinski definition) is 2. The summed E-state index contributed by atoms with van der Waals surface area (Å²) in [5, 5.41) is 12.5. The predicted molar refractivity (Wildman–Crippen MR) is 125 cm³/mol. The Morgan fingerprint density at radius 2 is 2.06 bits per heavy atom. The molecule has 1 aliphatic carbocycles. The van der Waals surface area contributed by atoms with E-state index in [0.717, 1.165) is 54.6 Å². The number of aromatic amines is 1. The van der Waals surface area contributed by atoms with Crippen molar-refractivity contribution >= 4 is 32.5 Å². The lowest BCUT2D eigenvalue weighted by atomic mass is 9.70. The van der Waals surface area contributed by atoms with Crippen LogP contribution in [0.5, 0.6) is 0 Å². The van der Waals surface area contributed by atoms with E-state index in [-0.39, 0.29) is 11.5 Å². The summed E-state index contributed by atoms with van der Waals surface area (Å²) < 4.78 is 31.1. The van der Waals surface area contributed by atoms with Crippen molar-refractivity contribution in [2.45, 2.75) is 44.6 Å². The molecule has 2 aliphatic heterocycles. The Morgan fingerprint density at radius 3 is 2.73 bits per heavy atom. The zero-order valence-corrected chi connectivity index (χ0v) is 19.5. The van der Waals surface area contributed by atoms with Crippen LogP contribution < -0.4 is 10.6 Å². The van der Waals surface area contributed by atoms with E-state index in [1.165, 1.54) is 0 Å². The highest BCUT2D eigenvalue weighted by Crippen LogP contribution is 2.51. The Labute approximate surface area is 192 Å². The minimum atomic E-state index is -2.83. The number of pyridine rings is 1. The number of nitrogens with one attached hydrogen (secondary N) is 1. The standard InChI is InChI=1S/C22H29N7O3S/c1-14-11-32-9-8-28(14)18-10-16(15-2-5-22(6-3-15)12-33(30,31)13-22)19-20(23)27-29(21(19)25-18)17-4-7-24-26-17/h4,7,10,14-15H,2-3,5-6,8-9,11-13H2,1H3,(H2,23,27)(H,24,26)/t14-/m1/s1. The summed E-state index contributed by atoms with van der Waals surface area (Å²) in [6.07, 6.45) is 5.43. The van der Waals surface area contributed by atoms with Crippen molar-refractivity contribution < 1.29 is 13.2 Å². The highest BCUT2D eigenvalue weighted by atomic mass is 32.2. The molecule has 3 aromatic heterocycles. The first-order valence-corrected chi connectivity index (χ1v) is 13.4. The number of rotatable bonds is 3. The van der Waals surface area contributed by atoms with E-state index in [0.29, 0.717) is 42.3 Å². The normalized spacial score (nSPS) is 24.9. The number of ether oxygens (including phenoxy) is 1. The van der Waals surface area contributed by atoms with E-state index in [1.54, 1.807) is 10.9 Å². The molecule has 0 radical (unpaired) electrons. The van der Waals surface area contributed by atoms with Crippen LogP contribution in [-0.2, 0) is 14.6 Å². The molecule has 1 atom stereocenters. The largest absolute Gasteiger partial charge is 0.382 e. The molecule has 0 bridgehead atoms. The molecule has 11 heteroatoms. The fraction of sp³-hybridized carbons (Fsp3) is 0.591. The van der Waals surface area contributed by atoms with Gasteiger partial charge in [0.25, 0.3) is 0 Å². The van der Waals surface area contributed by atoms with Crippen molar-refractivity contribution in [1.82, 2.24) is 25.0 Å². The second-order valence-corrected chi connectivity index (χ2v) is 12.0. The van der Waals surface area contributed by atoms with E-state index in [4.69, 9.17) is 15.5 Å². The molecule has 0 unspecified atom stereocenters. The van der Waals surface area contributed by atoms with E-state index in [2.05, 4.69) is 33.2 Å². The van der Waals surface area contributed by atoms with E-state index in [1.807, 2.05) is 6.07 Å². The number of nitrogen functional groups attached to an aromatic ring is 1. The van der Waals surface area contributed by atoms with Crippen LogP contribution in [0.4, 0.5) is 11.6 Å². The molecule has 6 rings (SSSR count). The average molecular weight is 472 g/mol. The molecule has 3 aromatic rings. The summed E-state index contributed by atoms with van der Waals surface area (Å²) in [5.74, 6) is 3.05. The van der Waals surface area contributed by atoms with Crippen molar-refractivity contribution in [1.29, 1.82) is 0 Å². The quantitative estimate of drug-likeness (QED) is 0.593. The van der Waals surface area contributed by atoms with Crippen molar-refractivity contribution in [3.63, 3.8) is 0 Å². The highest BCUT2D eigenvalue weighted by Gasteiger charge is 2.50. The number of H-pyrrole nitrogens is 1. The SMILES string of the molecule is C[C@@H]1COCCN1c1cc(C2CCC3(CC2)CS(=O)(=O)C3)c2c(N)nn(-c3ccn[nH]3)c2n1. The maximum atomic E-state index is 11.8. The summed E-state index contributed by atoms with van der Waals surface area (Å²) in [6.45, 7) is 4.25. The van der Waals surface area contributed by atoms with Crippen molar-refractivity contribution in [3.05, 3.63) is 23.9 Å². The maximum Gasteiger partial charge on any atom is 0.169 e. The molecule has 1 saturated carbocycles. The molecule has 3 N–H and O–H groups in total. The first kappa shape index (κ1) is 20.9. The fourth-order valence-electron chi connectivity index (χ4n) is 5.95. The third kappa shape index (κ3) is 3.48. The van der Waals surface area contributed by atoms with E-state index >= 15 is 0 Å². The minimum Gasteiger partial charge on any atom is -0.382 e. The van der Waals surface area contributed by atoms with Gasteiger partial charge in [0.15, 0.2) is 27.1 Å². The van der Waals surface area contributed by atoms with Crippen LogP contribution in [0.15, 0.2) is 18.3 Å². The third-order valence-corrected chi connectivity index (χ3v) is 9.70. The van der Waals surface area contributed by atoms with Gasteiger partial charge in [0.05, 0.1) is 42.3 Å². The lowest BCUT2D eigenvalue weighted by Gasteiger charge is -2.46. The zero-order valence-electron chi connectivity index (χ0n) is 18.7. The zero-order chi connectivity index (χ0) is 22.8. The van der Waals surface area contributed by atoms with Gasteiger partial charge in [-0.15, -0.1) is 5.10 Å². The molecule has 0 aromatic carbocycles. The van der Waals surface area contributed by atoms with Crippen LogP contribution in [0.2, 0.25) is 0 Å². The third-order valence-electron chi connectivity index (χ3n) is 7.60. The van der Waals surface area contributed by atoms with Crippen LogP contribution in [0.1, 0.15) is 44.1 Å². The molecule has 176 valence electrons. The fourth-order valence-corrected chi connectivity index (χ4v) is 8.31. The van der Waals surface area contributed by atoms with Crippen LogP contribution in [0.3, 0.4) is 0 Å². The minimum absolute atomic E-state index is 0.0192. The highest BCUT2D eigenvalue weighted by molar-refractivity contribution is 7.92. The van der Waals surface area contributed by atoms with Crippen molar-refractivity contribution in [2.75, 3.05) is 41.9 Å². The Morgan fingerprint density at radius 1 is 1.27 bits per heavy atom. The molecule has 3 fully saturated rings. The van der Waals surface area contributed by atoms with Gasteiger partial charge in [0.2, 0.25) is 0 Å². The number of fused-ring (bicyclic) bond motifs is 1. The Balaban J connectivity index is 1.43. The second-order valence-electron chi connectivity index (χ2n) is 9.93. The lowest BCUT2D eigenvalue weighted by molar-refractivity contribution is 0.0985. The first-order valence-electron chi connectivity index (χ1n) is 11.6. The Bertz CT molecular complexity index is 1280. The van der Waals surface area contributed by atoms with Crippen LogP contribution in [0.25, 0.3) is 16.9 Å². The van der Waals surface area contributed by atoms with Crippen LogP contribution in [-0.4, -0.2) is 70.7 Å². The monoisotopic (exact) mass is 471 g/mol. The molecule has 10 nitrogen and oxygen atoms in total. The smallest absolute Gasteiger partial charge is 0.169 e.